The molecule has 1 aliphatic carbocycles. The summed E-state index contributed by atoms with van der Waals surface area (Å²) < 4.78 is 5.37. The zero-order valence-corrected chi connectivity index (χ0v) is 10.9. The first-order valence-corrected chi connectivity index (χ1v) is 6.58. The Morgan fingerprint density at radius 3 is 2.71 bits per heavy atom. The number of ether oxygens (including phenoxy) is 1. The minimum atomic E-state index is 0.158. The SMILES string of the molecule is COc1ccc(Cl)cc1C(CO)C1CCCC1. The molecule has 1 atom stereocenters. The van der Waals surface area contributed by atoms with Crippen LogP contribution in [0.25, 0.3) is 0 Å². The van der Waals surface area contributed by atoms with Gasteiger partial charge in [-0.25, -0.2) is 0 Å². The molecule has 1 aliphatic rings. The second kappa shape index (κ2) is 5.74. The van der Waals surface area contributed by atoms with Gasteiger partial charge in [0.1, 0.15) is 5.75 Å². The van der Waals surface area contributed by atoms with E-state index in [2.05, 4.69) is 0 Å². The molecule has 1 N–H and O–H groups in total. The third-order valence-corrected chi connectivity index (χ3v) is 3.99. The van der Waals surface area contributed by atoms with Crippen LogP contribution in [0, 0.1) is 5.92 Å². The predicted molar refractivity (Wildman–Crippen MR) is 69.8 cm³/mol. The number of halogens is 1. The van der Waals surface area contributed by atoms with Gasteiger partial charge in [-0.05, 0) is 37.0 Å². The van der Waals surface area contributed by atoms with Crippen LogP contribution >= 0.6 is 11.6 Å². The predicted octanol–water partition coefficient (Wildman–Crippen LogP) is 3.61. The maximum Gasteiger partial charge on any atom is 0.122 e. The Kier molecular flexibility index (Phi) is 4.30. The van der Waals surface area contributed by atoms with Crippen LogP contribution in [-0.4, -0.2) is 18.8 Å². The first kappa shape index (κ1) is 12.7. The van der Waals surface area contributed by atoms with Crippen molar-refractivity contribution in [3.05, 3.63) is 28.8 Å². The van der Waals surface area contributed by atoms with Crippen LogP contribution in [0.5, 0.6) is 5.75 Å². The van der Waals surface area contributed by atoms with Gasteiger partial charge < -0.3 is 9.84 Å². The number of aliphatic hydroxyl groups excluding tert-OH is 1. The molecule has 3 heteroatoms. The van der Waals surface area contributed by atoms with Gasteiger partial charge in [-0.2, -0.15) is 0 Å². The van der Waals surface area contributed by atoms with Gasteiger partial charge in [0.15, 0.2) is 0 Å². The normalized spacial score (nSPS) is 18.3. The molecule has 0 heterocycles. The standard InChI is InChI=1S/C14H19ClO2/c1-17-14-7-6-11(15)8-12(14)13(9-16)10-4-2-3-5-10/h6-8,10,13,16H,2-5,9H2,1H3. The van der Waals surface area contributed by atoms with Gasteiger partial charge in [0.05, 0.1) is 13.7 Å². The smallest absolute Gasteiger partial charge is 0.122 e. The Morgan fingerprint density at radius 2 is 2.12 bits per heavy atom. The highest BCUT2D eigenvalue weighted by molar-refractivity contribution is 6.30. The van der Waals surface area contributed by atoms with E-state index in [-0.39, 0.29) is 12.5 Å². The number of methoxy groups -OCH3 is 1. The zero-order valence-electron chi connectivity index (χ0n) is 10.2. The summed E-state index contributed by atoms with van der Waals surface area (Å²) in [7, 11) is 1.66. The van der Waals surface area contributed by atoms with Gasteiger partial charge in [0.2, 0.25) is 0 Å². The molecule has 0 saturated heterocycles. The summed E-state index contributed by atoms with van der Waals surface area (Å²) in [4.78, 5) is 0. The van der Waals surface area contributed by atoms with Crippen molar-refractivity contribution in [1.29, 1.82) is 0 Å². The molecule has 1 aromatic rings. The molecule has 0 aliphatic heterocycles. The molecule has 0 amide bonds. The summed E-state index contributed by atoms with van der Waals surface area (Å²) in [6.07, 6.45) is 4.93. The van der Waals surface area contributed by atoms with Crippen LogP contribution in [0.1, 0.15) is 37.2 Å². The van der Waals surface area contributed by atoms with E-state index in [1.54, 1.807) is 7.11 Å². The van der Waals surface area contributed by atoms with Crippen LogP contribution in [-0.2, 0) is 0 Å². The van der Waals surface area contributed by atoms with Gasteiger partial charge in [-0.15, -0.1) is 0 Å². The maximum atomic E-state index is 9.65. The lowest BCUT2D eigenvalue weighted by Gasteiger charge is -2.23. The molecule has 94 valence electrons. The topological polar surface area (TPSA) is 29.5 Å². The Morgan fingerprint density at radius 1 is 1.41 bits per heavy atom. The fraction of sp³-hybridized carbons (Fsp3) is 0.571. The highest BCUT2D eigenvalue weighted by Crippen LogP contribution is 2.41. The fourth-order valence-corrected chi connectivity index (χ4v) is 3.04. The molecule has 0 bridgehead atoms. The monoisotopic (exact) mass is 254 g/mol. The lowest BCUT2D eigenvalue weighted by molar-refractivity contribution is 0.222. The fourth-order valence-electron chi connectivity index (χ4n) is 2.86. The van der Waals surface area contributed by atoms with Gasteiger partial charge in [0.25, 0.3) is 0 Å². The van der Waals surface area contributed by atoms with Crippen LogP contribution in [0.4, 0.5) is 0 Å². The quantitative estimate of drug-likeness (QED) is 0.889. The second-order valence-corrected chi connectivity index (χ2v) is 5.16. The van der Waals surface area contributed by atoms with E-state index in [9.17, 15) is 5.11 Å². The molecule has 0 radical (unpaired) electrons. The third-order valence-electron chi connectivity index (χ3n) is 3.76. The van der Waals surface area contributed by atoms with E-state index in [4.69, 9.17) is 16.3 Å². The van der Waals surface area contributed by atoms with Crippen molar-refractivity contribution >= 4 is 11.6 Å². The Bertz CT molecular complexity index is 372. The second-order valence-electron chi connectivity index (χ2n) is 4.72. The Hall–Kier alpha value is -0.730. The summed E-state index contributed by atoms with van der Waals surface area (Å²) in [6.45, 7) is 0.168. The number of aliphatic hydroxyl groups is 1. The molecule has 1 unspecified atom stereocenters. The zero-order chi connectivity index (χ0) is 12.3. The molecule has 17 heavy (non-hydrogen) atoms. The average Bonchev–Trinajstić information content (AvgIpc) is 2.84. The van der Waals surface area contributed by atoms with Crippen molar-refractivity contribution in [2.24, 2.45) is 5.92 Å². The number of rotatable bonds is 4. The van der Waals surface area contributed by atoms with Crippen molar-refractivity contribution in [1.82, 2.24) is 0 Å². The summed E-state index contributed by atoms with van der Waals surface area (Å²) in [6, 6.07) is 5.64. The van der Waals surface area contributed by atoms with Crippen LogP contribution in [0.2, 0.25) is 5.02 Å². The number of hydrogen-bond acceptors (Lipinski definition) is 2. The van der Waals surface area contributed by atoms with E-state index in [0.717, 1.165) is 11.3 Å². The molecule has 1 aromatic carbocycles. The largest absolute Gasteiger partial charge is 0.496 e. The van der Waals surface area contributed by atoms with Gasteiger partial charge in [0, 0.05) is 16.5 Å². The lowest BCUT2D eigenvalue weighted by Crippen LogP contribution is -2.15. The van der Waals surface area contributed by atoms with Gasteiger partial charge in [-0.3, -0.25) is 0 Å². The summed E-state index contributed by atoms with van der Waals surface area (Å²) >= 11 is 6.04. The molecular formula is C14H19ClO2. The minimum absolute atomic E-state index is 0.158. The molecule has 0 aromatic heterocycles. The lowest BCUT2D eigenvalue weighted by atomic mass is 9.85. The molecule has 2 rings (SSSR count). The van der Waals surface area contributed by atoms with Gasteiger partial charge in [-0.1, -0.05) is 24.4 Å². The van der Waals surface area contributed by atoms with E-state index in [0.29, 0.717) is 10.9 Å². The van der Waals surface area contributed by atoms with Gasteiger partial charge >= 0.3 is 0 Å². The van der Waals surface area contributed by atoms with E-state index in [1.807, 2.05) is 18.2 Å². The minimum Gasteiger partial charge on any atom is -0.496 e. The third kappa shape index (κ3) is 2.75. The molecular weight excluding hydrogens is 236 g/mol. The maximum absolute atomic E-state index is 9.65. The average molecular weight is 255 g/mol. The summed E-state index contributed by atoms with van der Waals surface area (Å²) in [5.74, 6) is 1.55. The van der Waals surface area contributed by atoms with Crippen LogP contribution < -0.4 is 4.74 Å². The first-order valence-electron chi connectivity index (χ1n) is 6.20. The first-order chi connectivity index (χ1) is 8.26. The van der Waals surface area contributed by atoms with Crippen molar-refractivity contribution < 1.29 is 9.84 Å². The van der Waals surface area contributed by atoms with E-state index < -0.39 is 0 Å². The van der Waals surface area contributed by atoms with Crippen molar-refractivity contribution in [2.45, 2.75) is 31.6 Å². The van der Waals surface area contributed by atoms with E-state index >= 15 is 0 Å². The molecule has 1 fully saturated rings. The Balaban J connectivity index is 2.31. The molecule has 0 spiro atoms. The number of benzene rings is 1. The van der Waals surface area contributed by atoms with E-state index in [1.165, 1.54) is 25.7 Å². The van der Waals surface area contributed by atoms with Crippen LogP contribution in [0.3, 0.4) is 0 Å². The van der Waals surface area contributed by atoms with Crippen molar-refractivity contribution in [3.8, 4) is 5.75 Å². The summed E-state index contributed by atoms with van der Waals surface area (Å²) in [5, 5.41) is 10.4. The highest BCUT2D eigenvalue weighted by atomic mass is 35.5. The molecule has 1 saturated carbocycles. The molecule has 2 nitrogen and oxygen atoms in total. The number of hydrogen-bond donors (Lipinski definition) is 1. The Labute approximate surface area is 108 Å². The summed E-state index contributed by atoms with van der Waals surface area (Å²) in [5.41, 5.74) is 1.05. The highest BCUT2D eigenvalue weighted by Gasteiger charge is 2.28. The van der Waals surface area contributed by atoms with Crippen LogP contribution in [0.15, 0.2) is 18.2 Å². The van der Waals surface area contributed by atoms with Crippen molar-refractivity contribution in [3.63, 3.8) is 0 Å². The van der Waals surface area contributed by atoms with Crippen molar-refractivity contribution in [2.75, 3.05) is 13.7 Å².